The molecule has 8 heteroatoms. The van der Waals surface area contributed by atoms with Crippen LogP contribution in [-0.4, -0.2) is 50.7 Å². The van der Waals surface area contributed by atoms with Crippen molar-refractivity contribution in [3.8, 4) is 0 Å². The number of carbonyl (C=O) groups excluding carboxylic acids is 2. The first-order valence-electron chi connectivity index (χ1n) is 9.97. The highest BCUT2D eigenvalue weighted by Crippen LogP contribution is 2.65. The summed E-state index contributed by atoms with van der Waals surface area (Å²) < 4.78 is 9.88. The van der Waals surface area contributed by atoms with Crippen molar-refractivity contribution in [2.75, 3.05) is 24.7 Å². The largest absolute Gasteiger partial charge is 0.465 e. The molecule has 3 rings (SSSR count). The maximum absolute atomic E-state index is 12.1. The van der Waals surface area contributed by atoms with Gasteiger partial charge in [-0.25, -0.2) is 0 Å². The Kier molecular flexibility index (Phi) is 7.99. The van der Waals surface area contributed by atoms with Gasteiger partial charge >= 0.3 is 11.9 Å². The number of carbonyl (C=O) groups is 2. The highest BCUT2D eigenvalue weighted by Gasteiger charge is 2.59. The summed E-state index contributed by atoms with van der Waals surface area (Å²) in [4.78, 5) is 29.5. The molecule has 1 aromatic rings. The van der Waals surface area contributed by atoms with E-state index in [0.29, 0.717) is 13.2 Å². The molecule has 0 saturated heterocycles. The molecule has 29 heavy (non-hydrogen) atoms. The second kappa shape index (κ2) is 10.3. The van der Waals surface area contributed by atoms with E-state index in [-0.39, 0.29) is 29.0 Å². The number of ether oxygens (including phenoxy) is 2. The van der Waals surface area contributed by atoms with E-state index in [1.165, 1.54) is 0 Å². The van der Waals surface area contributed by atoms with Gasteiger partial charge in [0.25, 0.3) is 0 Å². The number of thioether (sulfide) groups is 3. The van der Waals surface area contributed by atoms with Crippen LogP contribution in [0.25, 0.3) is 0 Å². The van der Waals surface area contributed by atoms with Crippen molar-refractivity contribution in [3.63, 3.8) is 0 Å². The van der Waals surface area contributed by atoms with Crippen LogP contribution in [-0.2, 0) is 19.1 Å². The quantitative estimate of drug-likeness (QED) is 0.395. The Labute approximate surface area is 185 Å². The van der Waals surface area contributed by atoms with Gasteiger partial charge in [-0.3, -0.25) is 14.6 Å². The van der Waals surface area contributed by atoms with Crippen LogP contribution in [0.3, 0.4) is 0 Å². The summed E-state index contributed by atoms with van der Waals surface area (Å²) >= 11 is 4.81. The third-order valence-electron chi connectivity index (χ3n) is 4.94. The summed E-state index contributed by atoms with van der Waals surface area (Å²) in [6.45, 7) is 4.36. The average molecular weight is 454 g/mol. The smallest absolute Gasteiger partial charge is 0.315 e. The van der Waals surface area contributed by atoms with Crippen LogP contribution in [0.15, 0.2) is 35.3 Å². The van der Waals surface area contributed by atoms with Gasteiger partial charge in [0, 0.05) is 5.56 Å². The maximum Gasteiger partial charge on any atom is 0.315 e. The number of esters is 2. The molecule has 0 radical (unpaired) electrons. The van der Waals surface area contributed by atoms with Crippen LogP contribution >= 0.6 is 35.3 Å². The highest BCUT2D eigenvalue weighted by molar-refractivity contribution is 8.39. The Balaban J connectivity index is 1.89. The van der Waals surface area contributed by atoms with E-state index in [1.807, 2.05) is 32.0 Å². The normalized spacial score (nSPS) is 19.2. The van der Waals surface area contributed by atoms with E-state index in [0.717, 1.165) is 36.3 Å². The Morgan fingerprint density at radius 2 is 1.55 bits per heavy atom. The summed E-state index contributed by atoms with van der Waals surface area (Å²) in [7, 11) is 0. The molecule has 5 nitrogen and oxygen atoms in total. The number of aliphatic imine (C=N–C) groups is 1. The minimum Gasteiger partial charge on any atom is -0.465 e. The summed E-state index contributed by atoms with van der Waals surface area (Å²) in [6, 6.07) is 10.1. The van der Waals surface area contributed by atoms with E-state index >= 15 is 0 Å². The number of benzene rings is 1. The Morgan fingerprint density at radius 3 is 2.07 bits per heavy atom. The van der Waals surface area contributed by atoms with E-state index < -0.39 is 3.41 Å². The summed E-state index contributed by atoms with van der Waals surface area (Å²) in [5.41, 5.74) is 0.788. The van der Waals surface area contributed by atoms with Crippen LogP contribution in [0, 0.1) is 0 Å². The molecule has 1 heterocycles. The molecule has 1 aromatic carbocycles. The molecular formula is C21H27NO4S3. The molecule has 1 saturated carbocycles. The zero-order valence-corrected chi connectivity index (χ0v) is 19.3. The third-order valence-corrected chi connectivity index (χ3v) is 10.3. The monoisotopic (exact) mass is 453 g/mol. The third kappa shape index (κ3) is 5.14. The first-order valence-corrected chi connectivity index (χ1v) is 12.8. The van der Waals surface area contributed by atoms with Crippen LogP contribution < -0.4 is 0 Å². The first kappa shape index (κ1) is 22.6. The van der Waals surface area contributed by atoms with Crippen molar-refractivity contribution in [2.45, 2.75) is 48.5 Å². The van der Waals surface area contributed by atoms with Crippen molar-refractivity contribution in [1.82, 2.24) is 0 Å². The molecule has 0 unspecified atom stereocenters. The molecule has 1 aliphatic carbocycles. The van der Waals surface area contributed by atoms with Gasteiger partial charge in [-0.05, 0) is 26.7 Å². The highest BCUT2D eigenvalue weighted by atomic mass is 32.3. The molecule has 1 fully saturated rings. The fourth-order valence-corrected chi connectivity index (χ4v) is 8.65. The van der Waals surface area contributed by atoms with Crippen LogP contribution in [0.5, 0.6) is 0 Å². The molecule has 2 aliphatic rings. The average Bonchev–Trinajstić information content (AvgIpc) is 3.32. The second-order valence-electron chi connectivity index (χ2n) is 6.87. The van der Waals surface area contributed by atoms with E-state index in [2.05, 4.69) is 12.1 Å². The van der Waals surface area contributed by atoms with Gasteiger partial charge in [-0.2, -0.15) is 0 Å². The zero-order valence-electron chi connectivity index (χ0n) is 16.8. The lowest BCUT2D eigenvalue weighted by Gasteiger charge is -2.39. The lowest BCUT2D eigenvalue weighted by molar-refractivity contribution is -0.140. The Bertz CT molecular complexity index is 726. The van der Waals surface area contributed by atoms with Crippen molar-refractivity contribution < 1.29 is 19.1 Å². The molecule has 0 atom stereocenters. The maximum atomic E-state index is 12.1. The summed E-state index contributed by atoms with van der Waals surface area (Å²) in [5, 5.41) is 0.986. The molecule has 0 aromatic heterocycles. The Morgan fingerprint density at radius 1 is 1.00 bits per heavy atom. The van der Waals surface area contributed by atoms with Gasteiger partial charge < -0.3 is 9.47 Å². The van der Waals surface area contributed by atoms with Gasteiger partial charge in [0.15, 0.2) is 0 Å². The zero-order chi connectivity index (χ0) is 20.7. The Hall–Kier alpha value is -1.12. The van der Waals surface area contributed by atoms with Crippen LogP contribution in [0.2, 0.25) is 0 Å². The van der Waals surface area contributed by atoms with Crippen molar-refractivity contribution in [2.24, 2.45) is 4.99 Å². The molecule has 158 valence electrons. The van der Waals surface area contributed by atoms with Gasteiger partial charge in [0.2, 0.25) is 0 Å². The molecule has 0 amide bonds. The molecule has 1 aliphatic heterocycles. The summed E-state index contributed by atoms with van der Waals surface area (Å²) in [5.74, 6) is 0.0393. The summed E-state index contributed by atoms with van der Waals surface area (Å²) in [6.07, 6.45) is 4.13. The van der Waals surface area contributed by atoms with Gasteiger partial charge in [0.05, 0.1) is 30.3 Å². The van der Waals surface area contributed by atoms with E-state index in [1.54, 1.807) is 35.3 Å². The van der Waals surface area contributed by atoms with E-state index in [4.69, 9.17) is 14.5 Å². The fourth-order valence-electron chi connectivity index (χ4n) is 3.67. The minimum atomic E-state index is -0.450. The van der Waals surface area contributed by atoms with Crippen LogP contribution in [0.4, 0.5) is 0 Å². The fraction of sp³-hybridized carbons (Fsp3) is 0.571. The van der Waals surface area contributed by atoms with Crippen LogP contribution in [0.1, 0.15) is 45.1 Å². The number of nitrogens with zero attached hydrogens (tertiary/aromatic N) is 1. The standard InChI is InChI=1S/C21H27NO4S3/c1-3-25-17(23)14-27-21(28-15-18(24)26-4-2)20(12-8-9-13-20)22-19(29-21)16-10-6-5-7-11-16/h5-7,10-11H,3-4,8-9,12-15H2,1-2H3. The lowest BCUT2D eigenvalue weighted by atomic mass is 10.0. The number of hydrogen-bond donors (Lipinski definition) is 0. The predicted molar refractivity (Wildman–Crippen MR) is 123 cm³/mol. The van der Waals surface area contributed by atoms with Crippen molar-refractivity contribution in [1.29, 1.82) is 0 Å². The molecule has 0 N–H and O–H groups in total. The van der Waals surface area contributed by atoms with E-state index in [9.17, 15) is 9.59 Å². The topological polar surface area (TPSA) is 65.0 Å². The predicted octanol–water partition coefficient (Wildman–Crippen LogP) is 4.74. The number of hydrogen-bond acceptors (Lipinski definition) is 8. The van der Waals surface area contributed by atoms with Gasteiger partial charge in [0.1, 0.15) is 8.45 Å². The molecular weight excluding hydrogens is 426 g/mol. The first-order chi connectivity index (χ1) is 14.0. The molecule has 1 spiro atoms. The van der Waals surface area contributed by atoms with Crippen molar-refractivity contribution >= 4 is 52.3 Å². The minimum absolute atomic E-state index is 0.226. The SMILES string of the molecule is CCOC(=O)CSC1(SCC(=O)OCC)SC(c2ccccc2)=NC12CCCC2. The van der Waals surface area contributed by atoms with Gasteiger partial charge in [-0.1, -0.05) is 54.9 Å². The lowest BCUT2D eigenvalue weighted by Crippen LogP contribution is -2.42. The van der Waals surface area contributed by atoms with Crippen molar-refractivity contribution in [3.05, 3.63) is 35.9 Å². The molecule has 0 bridgehead atoms. The van der Waals surface area contributed by atoms with Gasteiger partial charge in [-0.15, -0.1) is 23.5 Å². The second-order valence-corrected chi connectivity index (χ2v) is 11.2. The number of rotatable bonds is 9.